The number of carbonyl (C=O) groups excluding carboxylic acids is 1. The summed E-state index contributed by atoms with van der Waals surface area (Å²) in [6.45, 7) is 5.13. The van der Waals surface area contributed by atoms with E-state index < -0.39 is 0 Å². The van der Waals surface area contributed by atoms with Gasteiger partial charge in [0.2, 0.25) is 5.91 Å². The number of nitrogens with two attached hydrogens (primary N) is 1. The number of carbonyl (C=O) groups is 1. The van der Waals surface area contributed by atoms with Gasteiger partial charge in [-0.3, -0.25) is 9.69 Å². The molecule has 4 nitrogen and oxygen atoms in total. The first-order valence-electron chi connectivity index (χ1n) is 7.93. The quantitative estimate of drug-likeness (QED) is 0.796. The number of nitrogens with zero attached hydrogens (tertiary/aromatic N) is 1. The molecule has 0 spiro atoms. The van der Waals surface area contributed by atoms with E-state index in [1.54, 1.807) is 0 Å². The summed E-state index contributed by atoms with van der Waals surface area (Å²) in [6, 6.07) is 1.17. The Hall–Kier alpha value is -0.610. The highest BCUT2D eigenvalue weighted by Crippen LogP contribution is 2.33. The Balaban J connectivity index is 1.54. The molecule has 108 valence electrons. The van der Waals surface area contributed by atoms with Crippen LogP contribution in [-0.4, -0.2) is 42.5 Å². The molecule has 1 saturated heterocycles. The molecule has 3 aliphatic rings. The van der Waals surface area contributed by atoms with Gasteiger partial charge >= 0.3 is 0 Å². The van der Waals surface area contributed by atoms with Gasteiger partial charge in [-0.2, -0.15) is 0 Å². The maximum atomic E-state index is 12.4. The zero-order valence-electron chi connectivity index (χ0n) is 12.0. The van der Waals surface area contributed by atoms with E-state index in [2.05, 4.69) is 17.1 Å². The van der Waals surface area contributed by atoms with Crippen molar-refractivity contribution in [1.29, 1.82) is 0 Å². The van der Waals surface area contributed by atoms with Gasteiger partial charge in [0.05, 0.1) is 0 Å². The van der Waals surface area contributed by atoms with Crippen molar-refractivity contribution in [3.63, 3.8) is 0 Å². The second kappa shape index (κ2) is 5.41. The topological polar surface area (TPSA) is 58.4 Å². The second-order valence-corrected chi connectivity index (χ2v) is 6.81. The van der Waals surface area contributed by atoms with Gasteiger partial charge in [-0.1, -0.05) is 13.3 Å². The summed E-state index contributed by atoms with van der Waals surface area (Å²) in [6.07, 6.45) is 6.02. The number of nitrogens with one attached hydrogen (secondary N) is 1. The third-order valence-electron chi connectivity index (χ3n) is 5.33. The average molecular weight is 265 g/mol. The van der Waals surface area contributed by atoms with Crippen molar-refractivity contribution in [3.8, 4) is 0 Å². The second-order valence-electron chi connectivity index (χ2n) is 6.81. The minimum absolute atomic E-state index is 0.173. The van der Waals surface area contributed by atoms with Gasteiger partial charge in [-0.15, -0.1) is 0 Å². The molecule has 4 atom stereocenters. The normalized spacial score (nSPS) is 39.7. The average Bonchev–Trinajstić information content (AvgIpc) is 3.02. The van der Waals surface area contributed by atoms with Crippen LogP contribution >= 0.6 is 0 Å². The van der Waals surface area contributed by atoms with Crippen LogP contribution in [0.4, 0.5) is 0 Å². The summed E-state index contributed by atoms with van der Waals surface area (Å²) in [7, 11) is 0. The third kappa shape index (κ3) is 2.79. The van der Waals surface area contributed by atoms with E-state index in [1.165, 1.54) is 12.8 Å². The van der Waals surface area contributed by atoms with Gasteiger partial charge in [0.1, 0.15) is 0 Å². The van der Waals surface area contributed by atoms with Crippen LogP contribution in [0.5, 0.6) is 0 Å². The summed E-state index contributed by atoms with van der Waals surface area (Å²) in [5, 5.41) is 3.31. The molecule has 0 radical (unpaired) electrons. The molecule has 1 heterocycles. The van der Waals surface area contributed by atoms with Crippen LogP contribution in [0, 0.1) is 17.8 Å². The molecule has 0 aromatic rings. The predicted octanol–water partition coefficient (Wildman–Crippen LogP) is 0.960. The fraction of sp³-hybridized carbons (Fsp3) is 0.933. The van der Waals surface area contributed by atoms with Crippen LogP contribution in [0.2, 0.25) is 0 Å². The molecule has 0 bridgehead atoms. The fourth-order valence-corrected chi connectivity index (χ4v) is 3.88. The largest absolute Gasteiger partial charge is 0.352 e. The molecule has 1 amide bonds. The van der Waals surface area contributed by atoms with Crippen molar-refractivity contribution < 1.29 is 4.79 Å². The van der Waals surface area contributed by atoms with Crippen molar-refractivity contribution in [3.05, 3.63) is 0 Å². The number of amides is 1. The van der Waals surface area contributed by atoms with Gasteiger partial charge < -0.3 is 11.1 Å². The Bertz CT molecular complexity index is 342. The number of rotatable bonds is 4. The zero-order chi connectivity index (χ0) is 13.4. The van der Waals surface area contributed by atoms with Crippen molar-refractivity contribution in [2.24, 2.45) is 23.5 Å². The predicted molar refractivity (Wildman–Crippen MR) is 75.6 cm³/mol. The van der Waals surface area contributed by atoms with Gasteiger partial charge in [0, 0.05) is 31.1 Å². The summed E-state index contributed by atoms with van der Waals surface area (Å²) in [5.74, 6) is 1.44. The summed E-state index contributed by atoms with van der Waals surface area (Å²) < 4.78 is 0. The Morgan fingerprint density at radius 3 is 2.74 bits per heavy atom. The van der Waals surface area contributed by atoms with Crippen LogP contribution in [-0.2, 0) is 4.79 Å². The van der Waals surface area contributed by atoms with Gasteiger partial charge in [0.15, 0.2) is 0 Å². The van der Waals surface area contributed by atoms with E-state index in [4.69, 9.17) is 5.73 Å². The lowest BCUT2D eigenvalue weighted by molar-refractivity contribution is -0.126. The smallest absolute Gasteiger partial charge is 0.223 e. The van der Waals surface area contributed by atoms with E-state index >= 15 is 0 Å². The van der Waals surface area contributed by atoms with Crippen molar-refractivity contribution in [1.82, 2.24) is 10.2 Å². The molecule has 3 fully saturated rings. The molecule has 3 N–H and O–H groups in total. The van der Waals surface area contributed by atoms with Crippen LogP contribution in [0.15, 0.2) is 0 Å². The Labute approximate surface area is 116 Å². The van der Waals surface area contributed by atoms with Crippen molar-refractivity contribution in [2.45, 2.75) is 51.1 Å². The third-order valence-corrected chi connectivity index (χ3v) is 5.33. The maximum absolute atomic E-state index is 12.4. The first-order valence-corrected chi connectivity index (χ1v) is 7.93. The summed E-state index contributed by atoms with van der Waals surface area (Å²) in [4.78, 5) is 15.0. The number of hydrogen-bond donors (Lipinski definition) is 2. The van der Waals surface area contributed by atoms with Crippen LogP contribution in [0.25, 0.3) is 0 Å². The summed E-state index contributed by atoms with van der Waals surface area (Å²) >= 11 is 0. The number of hydrogen-bond acceptors (Lipinski definition) is 3. The lowest BCUT2D eigenvalue weighted by Gasteiger charge is -2.22. The van der Waals surface area contributed by atoms with Crippen molar-refractivity contribution >= 4 is 5.91 Å². The molecule has 0 aromatic carbocycles. The monoisotopic (exact) mass is 265 g/mol. The molecule has 4 heteroatoms. The molecule has 19 heavy (non-hydrogen) atoms. The molecule has 2 saturated carbocycles. The molecule has 2 aliphatic carbocycles. The van der Waals surface area contributed by atoms with E-state index in [1.807, 2.05) is 0 Å². The highest BCUT2D eigenvalue weighted by atomic mass is 16.2. The highest BCUT2D eigenvalue weighted by Gasteiger charge is 2.40. The lowest BCUT2D eigenvalue weighted by Crippen LogP contribution is -2.44. The van der Waals surface area contributed by atoms with Crippen LogP contribution < -0.4 is 11.1 Å². The molecule has 3 rings (SSSR count). The minimum Gasteiger partial charge on any atom is -0.352 e. The Morgan fingerprint density at radius 1 is 1.26 bits per heavy atom. The van der Waals surface area contributed by atoms with Gasteiger partial charge in [-0.05, 0) is 44.1 Å². The standard InChI is InChI=1S/C15H27N3O/c1-10-8-18(12-5-6-12)9-14(10)17-15(19)13-4-2-3-11(13)7-16/h10-14H,2-9,16H2,1H3,(H,17,19)/t10?,11-,13-,14?/m1/s1. The van der Waals surface area contributed by atoms with Crippen LogP contribution in [0.3, 0.4) is 0 Å². The van der Waals surface area contributed by atoms with Crippen molar-refractivity contribution in [2.75, 3.05) is 19.6 Å². The molecule has 1 aliphatic heterocycles. The lowest BCUT2D eigenvalue weighted by atomic mass is 9.94. The maximum Gasteiger partial charge on any atom is 0.223 e. The minimum atomic E-state index is 0.173. The zero-order valence-corrected chi connectivity index (χ0v) is 12.0. The first kappa shape index (κ1) is 13.4. The van der Waals surface area contributed by atoms with E-state index in [9.17, 15) is 4.79 Å². The Morgan fingerprint density at radius 2 is 2.05 bits per heavy atom. The van der Waals surface area contributed by atoms with E-state index in [0.717, 1.165) is 38.4 Å². The molecular weight excluding hydrogens is 238 g/mol. The molecule has 0 aromatic heterocycles. The molecule has 2 unspecified atom stereocenters. The first-order chi connectivity index (χ1) is 9.19. The van der Waals surface area contributed by atoms with Crippen LogP contribution in [0.1, 0.15) is 39.0 Å². The fourth-order valence-electron chi connectivity index (χ4n) is 3.88. The SMILES string of the molecule is CC1CN(C2CC2)CC1NC(=O)[C@@H]1CCC[C@@H]1CN. The van der Waals surface area contributed by atoms with E-state index in [-0.39, 0.29) is 11.8 Å². The van der Waals surface area contributed by atoms with Gasteiger partial charge in [0.25, 0.3) is 0 Å². The Kier molecular flexibility index (Phi) is 3.81. The molecular formula is C15H27N3O. The number of likely N-dealkylation sites (tertiary alicyclic amines) is 1. The van der Waals surface area contributed by atoms with E-state index in [0.29, 0.717) is 24.4 Å². The summed E-state index contributed by atoms with van der Waals surface area (Å²) in [5.41, 5.74) is 5.78. The van der Waals surface area contributed by atoms with Gasteiger partial charge in [-0.25, -0.2) is 0 Å². The highest BCUT2D eigenvalue weighted by molar-refractivity contribution is 5.79.